The molecule has 3 amide bonds. The number of carbonyl (C=O) groups is 3. The molecule has 3 unspecified atom stereocenters. The Labute approximate surface area is 204 Å². The summed E-state index contributed by atoms with van der Waals surface area (Å²) in [5.74, 6) is 0.325. The average Bonchev–Trinajstić information content (AvgIpc) is 3.56. The fourth-order valence-electron chi connectivity index (χ4n) is 5.03. The number of rotatable bonds is 5. The largest absolute Gasteiger partial charge is 0.497 e. The zero-order valence-electron chi connectivity index (χ0n) is 19.7. The van der Waals surface area contributed by atoms with E-state index in [1.807, 2.05) is 41.3 Å². The van der Waals surface area contributed by atoms with Gasteiger partial charge < -0.3 is 19.4 Å². The number of pyridine rings is 1. The van der Waals surface area contributed by atoms with Gasteiger partial charge in [-0.1, -0.05) is 6.07 Å². The van der Waals surface area contributed by atoms with Crippen molar-refractivity contribution in [3.8, 4) is 5.75 Å². The molecule has 0 saturated carbocycles. The summed E-state index contributed by atoms with van der Waals surface area (Å²) in [5.41, 5.74) is 8.11. The van der Waals surface area contributed by atoms with Crippen LogP contribution in [0.25, 0.3) is 0 Å². The molecule has 2 aromatic rings. The minimum atomic E-state index is -0.368. The Morgan fingerprint density at radius 2 is 1.71 bits per heavy atom. The van der Waals surface area contributed by atoms with Gasteiger partial charge in [0.1, 0.15) is 11.8 Å². The molecule has 10 nitrogen and oxygen atoms in total. The normalized spacial score (nSPS) is 24.7. The molecule has 184 valence electrons. The maximum absolute atomic E-state index is 13.2. The van der Waals surface area contributed by atoms with Crippen LogP contribution in [0.3, 0.4) is 0 Å². The molecule has 0 radical (unpaired) electrons. The number of methoxy groups -OCH3 is 1. The molecule has 1 aromatic carbocycles. The molecule has 2 N–H and O–H groups in total. The molecule has 4 heterocycles. The fourth-order valence-corrected chi connectivity index (χ4v) is 5.03. The molecule has 3 fully saturated rings. The Bertz CT molecular complexity index is 1070. The van der Waals surface area contributed by atoms with Crippen molar-refractivity contribution >= 4 is 23.4 Å². The Kier molecular flexibility index (Phi) is 6.65. The Morgan fingerprint density at radius 3 is 2.37 bits per heavy atom. The second-order valence-electron chi connectivity index (χ2n) is 9.17. The van der Waals surface area contributed by atoms with Crippen LogP contribution in [0.15, 0.2) is 48.8 Å². The number of hydrogen-bond donors (Lipinski definition) is 2. The van der Waals surface area contributed by atoms with Crippen molar-refractivity contribution < 1.29 is 19.1 Å². The van der Waals surface area contributed by atoms with E-state index in [1.54, 1.807) is 29.3 Å². The maximum Gasteiger partial charge on any atom is 0.241 e. The predicted octanol–water partition coefficient (Wildman–Crippen LogP) is 0.722. The van der Waals surface area contributed by atoms with Gasteiger partial charge in [-0.3, -0.25) is 19.4 Å². The van der Waals surface area contributed by atoms with E-state index in [0.29, 0.717) is 39.1 Å². The monoisotopic (exact) mass is 478 g/mol. The van der Waals surface area contributed by atoms with Crippen molar-refractivity contribution in [1.29, 1.82) is 0 Å². The number of amides is 3. The molecule has 5 rings (SSSR count). The van der Waals surface area contributed by atoms with E-state index >= 15 is 0 Å². The van der Waals surface area contributed by atoms with Crippen LogP contribution in [0, 0.1) is 5.92 Å². The number of aromatic nitrogens is 1. The fraction of sp³-hybridized carbons (Fsp3) is 0.440. The van der Waals surface area contributed by atoms with Gasteiger partial charge in [-0.25, -0.2) is 10.9 Å². The van der Waals surface area contributed by atoms with Crippen molar-refractivity contribution in [2.75, 3.05) is 44.7 Å². The quantitative estimate of drug-likeness (QED) is 0.652. The molecule has 10 heteroatoms. The zero-order chi connectivity index (χ0) is 24.4. The number of carbonyl (C=O) groups excluding carboxylic acids is 3. The number of hydrogen-bond acceptors (Lipinski definition) is 7. The van der Waals surface area contributed by atoms with E-state index in [0.717, 1.165) is 17.0 Å². The molecule has 3 saturated heterocycles. The highest BCUT2D eigenvalue weighted by molar-refractivity contribution is 6.00. The van der Waals surface area contributed by atoms with E-state index in [-0.39, 0.29) is 42.1 Å². The first-order chi connectivity index (χ1) is 17.0. The van der Waals surface area contributed by atoms with Crippen molar-refractivity contribution in [3.05, 3.63) is 54.4 Å². The van der Waals surface area contributed by atoms with Gasteiger partial charge in [0.25, 0.3) is 0 Å². The van der Waals surface area contributed by atoms with Crippen molar-refractivity contribution in [2.45, 2.75) is 24.9 Å². The predicted molar refractivity (Wildman–Crippen MR) is 128 cm³/mol. The van der Waals surface area contributed by atoms with Crippen molar-refractivity contribution in [1.82, 2.24) is 25.6 Å². The summed E-state index contributed by atoms with van der Waals surface area (Å²) in [5, 5.41) is 0. The molecule has 3 atom stereocenters. The molecule has 3 aliphatic rings. The Morgan fingerprint density at radius 1 is 1.00 bits per heavy atom. The summed E-state index contributed by atoms with van der Waals surface area (Å²) in [6, 6.07) is 10.9. The Hall–Kier alpha value is -3.50. The highest BCUT2D eigenvalue weighted by Gasteiger charge is 2.39. The lowest BCUT2D eigenvalue weighted by atomic mass is 10.0. The second-order valence-corrected chi connectivity index (χ2v) is 9.17. The van der Waals surface area contributed by atoms with Gasteiger partial charge in [-0.05, 0) is 42.3 Å². The van der Waals surface area contributed by atoms with Crippen molar-refractivity contribution in [3.63, 3.8) is 0 Å². The molecule has 3 aliphatic heterocycles. The van der Waals surface area contributed by atoms with Gasteiger partial charge in [-0.2, -0.15) is 0 Å². The number of nitrogens with zero attached hydrogens (tertiary/aromatic N) is 4. The van der Waals surface area contributed by atoms with Crippen molar-refractivity contribution in [2.24, 2.45) is 5.92 Å². The van der Waals surface area contributed by atoms with Crippen LogP contribution in [0.5, 0.6) is 5.75 Å². The summed E-state index contributed by atoms with van der Waals surface area (Å²) in [4.78, 5) is 48.2. The van der Waals surface area contributed by atoms with E-state index < -0.39 is 0 Å². The highest BCUT2D eigenvalue weighted by atomic mass is 16.5. The molecule has 0 bridgehead atoms. The number of benzene rings is 1. The van der Waals surface area contributed by atoms with Crippen LogP contribution in [-0.2, 0) is 14.4 Å². The lowest BCUT2D eigenvalue weighted by molar-refractivity contribution is -0.142. The third-order valence-electron chi connectivity index (χ3n) is 7.05. The SMILES string of the molecule is COc1ccc(N2CC(C(=O)N3CCN(C(=O)C4CC(c5cccnc5)NN4)CC3)CC2=O)cc1. The molecule has 0 spiro atoms. The summed E-state index contributed by atoms with van der Waals surface area (Å²) < 4.78 is 5.18. The van der Waals surface area contributed by atoms with E-state index in [2.05, 4.69) is 15.8 Å². The Balaban J connectivity index is 1.12. The topological polar surface area (TPSA) is 107 Å². The van der Waals surface area contributed by atoms with E-state index in [1.165, 1.54) is 0 Å². The standard InChI is InChI=1S/C25H30N6O4/c1-35-20-6-4-19(5-7-20)31-16-18(13-23(31)32)24(33)29-9-11-30(12-10-29)25(34)22-14-21(27-28-22)17-3-2-8-26-15-17/h2-8,15,18,21-22,27-28H,9-14,16H2,1H3. The van der Waals surface area contributed by atoms with Crippen LogP contribution in [0.4, 0.5) is 5.69 Å². The van der Waals surface area contributed by atoms with Gasteiger partial charge in [0, 0.05) is 63.3 Å². The smallest absolute Gasteiger partial charge is 0.241 e. The molecular weight excluding hydrogens is 448 g/mol. The van der Waals surface area contributed by atoms with Gasteiger partial charge in [0.15, 0.2) is 0 Å². The van der Waals surface area contributed by atoms with Gasteiger partial charge in [0.2, 0.25) is 17.7 Å². The van der Waals surface area contributed by atoms with Crippen LogP contribution in [-0.4, -0.2) is 78.4 Å². The van der Waals surface area contributed by atoms with Crippen LogP contribution < -0.4 is 20.5 Å². The number of nitrogens with one attached hydrogen (secondary N) is 2. The first-order valence-electron chi connectivity index (χ1n) is 12.0. The van der Waals surface area contributed by atoms with E-state index in [4.69, 9.17) is 4.74 Å². The van der Waals surface area contributed by atoms with Crippen LogP contribution in [0.2, 0.25) is 0 Å². The molecule has 0 aliphatic carbocycles. The number of piperazine rings is 1. The summed E-state index contributed by atoms with van der Waals surface area (Å²) in [6.07, 6.45) is 4.39. The second kappa shape index (κ2) is 10.0. The zero-order valence-corrected chi connectivity index (χ0v) is 19.7. The molecule has 35 heavy (non-hydrogen) atoms. The molecule has 1 aromatic heterocycles. The first kappa shape index (κ1) is 23.3. The summed E-state index contributed by atoms with van der Waals surface area (Å²) in [6.45, 7) is 2.30. The van der Waals surface area contributed by atoms with Crippen LogP contribution in [0.1, 0.15) is 24.4 Å². The average molecular weight is 479 g/mol. The summed E-state index contributed by atoms with van der Waals surface area (Å²) in [7, 11) is 1.60. The summed E-state index contributed by atoms with van der Waals surface area (Å²) >= 11 is 0. The minimum Gasteiger partial charge on any atom is -0.497 e. The first-order valence-corrected chi connectivity index (χ1v) is 12.0. The minimum absolute atomic E-state index is 0.0150. The number of hydrazine groups is 1. The van der Waals surface area contributed by atoms with Gasteiger partial charge in [0.05, 0.1) is 13.0 Å². The van der Waals surface area contributed by atoms with Gasteiger partial charge in [-0.15, -0.1) is 0 Å². The molecular formula is C25H30N6O4. The maximum atomic E-state index is 13.2. The number of anilines is 1. The van der Waals surface area contributed by atoms with E-state index in [9.17, 15) is 14.4 Å². The lowest BCUT2D eigenvalue weighted by Crippen LogP contribution is -2.55. The van der Waals surface area contributed by atoms with Crippen LogP contribution >= 0.6 is 0 Å². The lowest BCUT2D eigenvalue weighted by Gasteiger charge is -2.36. The number of ether oxygens (including phenoxy) is 1. The third-order valence-corrected chi connectivity index (χ3v) is 7.05. The third kappa shape index (κ3) is 4.85. The van der Waals surface area contributed by atoms with Gasteiger partial charge >= 0.3 is 0 Å². The highest BCUT2D eigenvalue weighted by Crippen LogP contribution is 2.28.